The van der Waals surface area contributed by atoms with Gasteiger partial charge in [-0.05, 0) is 45.4 Å². The Labute approximate surface area is 183 Å². The summed E-state index contributed by atoms with van der Waals surface area (Å²) in [7, 11) is 0. The summed E-state index contributed by atoms with van der Waals surface area (Å²) in [4.78, 5) is 53.5. The van der Waals surface area contributed by atoms with Gasteiger partial charge in [0.15, 0.2) is 0 Å². The first-order valence-corrected chi connectivity index (χ1v) is 11.9. The minimum atomic E-state index is -0.847. The van der Waals surface area contributed by atoms with E-state index in [4.69, 9.17) is 0 Å². The largest absolute Gasteiger partial charge is 0.351 e. The number of nitrogens with one attached hydrogen (secondary N) is 3. The van der Waals surface area contributed by atoms with Crippen LogP contribution in [-0.4, -0.2) is 70.4 Å². The normalized spacial score (nSPS) is 25.6. The molecule has 1 unspecified atom stereocenters. The number of hydrogen-bond donors (Lipinski definition) is 3. The molecular formula is C22H35N5O4. The average Bonchev–Trinajstić information content (AvgIpc) is 3.33. The van der Waals surface area contributed by atoms with Crippen molar-refractivity contribution in [2.45, 2.75) is 101 Å². The van der Waals surface area contributed by atoms with Gasteiger partial charge in [0.1, 0.15) is 11.6 Å². The third kappa shape index (κ3) is 4.50. The van der Waals surface area contributed by atoms with E-state index >= 15 is 0 Å². The third-order valence-electron chi connectivity index (χ3n) is 7.48. The first-order chi connectivity index (χ1) is 14.9. The minimum absolute atomic E-state index is 0.00811. The molecule has 0 radical (unpaired) electrons. The molecule has 0 aromatic heterocycles. The Morgan fingerprint density at radius 2 is 1.55 bits per heavy atom. The number of imide groups is 1. The van der Waals surface area contributed by atoms with Crippen LogP contribution in [0.1, 0.15) is 77.6 Å². The van der Waals surface area contributed by atoms with Gasteiger partial charge in [-0.3, -0.25) is 9.59 Å². The first kappa shape index (κ1) is 21.9. The first-order valence-electron chi connectivity index (χ1n) is 11.9. The van der Waals surface area contributed by atoms with E-state index in [1.807, 2.05) is 4.90 Å². The number of nitrogens with zero attached hydrogens (tertiary/aromatic N) is 2. The van der Waals surface area contributed by atoms with Crippen molar-refractivity contribution in [3.8, 4) is 0 Å². The van der Waals surface area contributed by atoms with Crippen LogP contribution in [0.25, 0.3) is 0 Å². The molecular weight excluding hydrogens is 398 g/mol. The van der Waals surface area contributed by atoms with Crippen LogP contribution < -0.4 is 16.0 Å². The molecule has 2 saturated carbocycles. The summed E-state index contributed by atoms with van der Waals surface area (Å²) < 4.78 is 0. The number of carbonyl (C=O) groups is 4. The lowest BCUT2D eigenvalue weighted by Crippen LogP contribution is -2.55. The standard InChI is InChI=1S/C22H35N5O4/c1-15(27-19(29)22(25-21(27)31)11-5-6-12-22)18(28)23-17-9-13-26(14-10-17)20(30)24-16-7-3-2-4-8-16/h15-17H,2-14H2,1H3,(H,23,28)(H,24,30)(H,25,31). The van der Waals surface area contributed by atoms with Gasteiger partial charge in [0, 0.05) is 25.2 Å². The smallest absolute Gasteiger partial charge is 0.325 e. The predicted octanol–water partition coefficient (Wildman–Crippen LogP) is 1.86. The Morgan fingerprint density at radius 3 is 2.19 bits per heavy atom. The Balaban J connectivity index is 1.24. The van der Waals surface area contributed by atoms with E-state index in [9.17, 15) is 19.2 Å². The van der Waals surface area contributed by atoms with Gasteiger partial charge < -0.3 is 20.9 Å². The monoisotopic (exact) mass is 433 g/mol. The number of hydrogen-bond acceptors (Lipinski definition) is 4. The molecule has 0 aromatic carbocycles. The second-order valence-corrected chi connectivity index (χ2v) is 9.62. The summed E-state index contributed by atoms with van der Waals surface area (Å²) in [6.07, 6.45) is 10.2. The molecule has 4 rings (SSSR count). The number of carbonyl (C=O) groups excluding carboxylic acids is 4. The van der Waals surface area contributed by atoms with E-state index in [-0.39, 0.29) is 29.9 Å². The molecule has 0 aromatic rings. The van der Waals surface area contributed by atoms with Crippen LogP contribution in [0, 0.1) is 0 Å². The molecule has 2 heterocycles. The van der Waals surface area contributed by atoms with Gasteiger partial charge in [0.05, 0.1) is 0 Å². The molecule has 6 amide bonds. The summed E-state index contributed by atoms with van der Waals surface area (Å²) in [5.74, 6) is -0.587. The zero-order valence-corrected chi connectivity index (χ0v) is 18.5. The van der Waals surface area contributed by atoms with E-state index in [2.05, 4.69) is 16.0 Å². The van der Waals surface area contributed by atoms with Gasteiger partial charge >= 0.3 is 12.1 Å². The summed E-state index contributed by atoms with van der Waals surface area (Å²) >= 11 is 0. The zero-order valence-electron chi connectivity index (χ0n) is 18.5. The molecule has 172 valence electrons. The van der Waals surface area contributed by atoms with E-state index in [0.29, 0.717) is 38.8 Å². The highest BCUT2D eigenvalue weighted by Crippen LogP contribution is 2.35. The summed E-state index contributed by atoms with van der Waals surface area (Å²) in [6, 6.07) is -1.10. The Bertz CT molecular complexity index is 721. The van der Waals surface area contributed by atoms with Gasteiger partial charge in [-0.25, -0.2) is 14.5 Å². The molecule has 4 aliphatic rings. The van der Waals surface area contributed by atoms with E-state index in [1.165, 1.54) is 19.3 Å². The highest BCUT2D eigenvalue weighted by molar-refractivity contribution is 6.10. The molecule has 3 N–H and O–H groups in total. The van der Waals surface area contributed by atoms with E-state index < -0.39 is 17.6 Å². The van der Waals surface area contributed by atoms with Gasteiger partial charge in [-0.1, -0.05) is 32.1 Å². The lowest BCUT2D eigenvalue weighted by molar-refractivity contribution is -0.138. The molecule has 1 spiro atoms. The van der Waals surface area contributed by atoms with Crippen molar-refractivity contribution < 1.29 is 19.2 Å². The predicted molar refractivity (Wildman–Crippen MR) is 114 cm³/mol. The van der Waals surface area contributed by atoms with Gasteiger partial charge in [0.2, 0.25) is 5.91 Å². The summed E-state index contributed by atoms with van der Waals surface area (Å²) in [5.41, 5.74) is -0.803. The number of rotatable bonds is 4. The molecule has 9 nitrogen and oxygen atoms in total. The molecule has 9 heteroatoms. The third-order valence-corrected chi connectivity index (χ3v) is 7.48. The fourth-order valence-corrected chi connectivity index (χ4v) is 5.49. The number of likely N-dealkylation sites (tertiary alicyclic amines) is 1. The maximum absolute atomic E-state index is 12.9. The SMILES string of the molecule is CC(C(=O)NC1CCN(C(=O)NC2CCCCC2)CC1)N1C(=O)NC2(CCCC2)C1=O. The molecule has 0 bridgehead atoms. The van der Waals surface area contributed by atoms with Crippen LogP contribution in [0.3, 0.4) is 0 Å². The Morgan fingerprint density at radius 1 is 0.935 bits per heavy atom. The molecule has 1 atom stereocenters. The zero-order chi connectivity index (χ0) is 22.0. The quantitative estimate of drug-likeness (QED) is 0.588. The molecule has 31 heavy (non-hydrogen) atoms. The number of piperidine rings is 1. The van der Waals surface area contributed by atoms with Crippen molar-refractivity contribution in [3.63, 3.8) is 0 Å². The van der Waals surface area contributed by atoms with Crippen molar-refractivity contribution in [1.29, 1.82) is 0 Å². The molecule has 4 fully saturated rings. The highest BCUT2D eigenvalue weighted by Gasteiger charge is 2.54. The van der Waals surface area contributed by atoms with Crippen molar-refractivity contribution in [3.05, 3.63) is 0 Å². The van der Waals surface area contributed by atoms with Gasteiger partial charge in [0.25, 0.3) is 5.91 Å². The van der Waals surface area contributed by atoms with Crippen LogP contribution in [0.2, 0.25) is 0 Å². The van der Waals surface area contributed by atoms with Crippen molar-refractivity contribution in [1.82, 2.24) is 25.8 Å². The number of amides is 6. The Hall–Kier alpha value is -2.32. The van der Waals surface area contributed by atoms with Crippen LogP contribution in [0.5, 0.6) is 0 Å². The summed E-state index contributed by atoms with van der Waals surface area (Å²) in [6.45, 7) is 2.78. The fourth-order valence-electron chi connectivity index (χ4n) is 5.49. The summed E-state index contributed by atoms with van der Waals surface area (Å²) in [5, 5.41) is 8.96. The lowest BCUT2D eigenvalue weighted by Gasteiger charge is -2.35. The van der Waals surface area contributed by atoms with Crippen molar-refractivity contribution in [2.75, 3.05) is 13.1 Å². The second-order valence-electron chi connectivity index (χ2n) is 9.62. The van der Waals surface area contributed by atoms with Crippen LogP contribution in [0.15, 0.2) is 0 Å². The second kappa shape index (κ2) is 9.04. The average molecular weight is 434 g/mol. The Kier molecular flexibility index (Phi) is 6.39. The fraction of sp³-hybridized carbons (Fsp3) is 0.818. The van der Waals surface area contributed by atoms with E-state index in [0.717, 1.165) is 30.6 Å². The molecule has 2 aliphatic heterocycles. The van der Waals surface area contributed by atoms with Crippen LogP contribution in [0.4, 0.5) is 9.59 Å². The van der Waals surface area contributed by atoms with Crippen molar-refractivity contribution in [2.24, 2.45) is 0 Å². The van der Waals surface area contributed by atoms with Crippen LogP contribution >= 0.6 is 0 Å². The maximum Gasteiger partial charge on any atom is 0.325 e. The maximum atomic E-state index is 12.9. The van der Waals surface area contributed by atoms with Gasteiger partial charge in [-0.2, -0.15) is 0 Å². The molecule has 2 aliphatic carbocycles. The van der Waals surface area contributed by atoms with Crippen LogP contribution in [-0.2, 0) is 9.59 Å². The highest BCUT2D eigenvalue weighted by atomic mass is 16.2. The minimum Gasteiger partial charge on any atom is -0.351 e. The number of urea groups is 2. The van der Waals surface area contributed by atoms with Gasteiger partial charge in [-0.15, -0.1) is 0 Å². The molecule has 2 saturated heterocycles. The van der Waals surface area contributed by atoms with Crippen molar-refractivity contribution >= 4 is 23.9 Å². The van der Waals surface area contributed by atoms with E-state index in [1.54, 1.807) is 6.92 Å². The lowest BCUT2D eigenvalue weighted by atomic mass is 9.95. The topological polar surface area (TPSA) is 111 Å².